The number of carbonyl (C=O) groups excluding carboxylic acids is 1. The van der Waals surface area contributed by atoms with E-state index in [0.29, 0.717) is 17.3 Å². The van der Waals surface area contributed by atoms with Gasteiger partial charge < -0.3 is 20.2 Å². The third kappa shape index (κ3) is 5.75. The van der Waals surface area contributed by atoms with Crippen LogP contribution in [0.4, 0.5) is 0 Å². The van der Waals surface area contributed by atoms with Gasteiger partial charge in [0.05, 0.1) is 12.8 Å². The van der Waals surface area contributed by atoms with Gasteiger partial charge in [0.2, 0.25) is 0 Å². The Labute approximate surface area is 191 Å². The minimum absolute atomic E-state index is 0.153. The van der Waals surface area contributed by atoms with Crippen LogP contribution in [0, 0.1) is 0 Å². The zero-order valence-corrected chi connectivity index (χ0v) is 18.5. The van der Waals surface area contributed by atoms with Gasteiger partial charge in [0, 0.05) is 43.0 Å². The van der Waals surface area contributed by atoms with E-state index in [4.69, 9.17) is 20.2 Å². The summed E-state index contributed by atoms with van der Waals surface area (Å²) in [5.74, 6) is 1.23. The van der Waals surface area contributed by atoms with Gasteiger partial charge in [0.1, 0.15) is 5.82 Å². The number of hydrogen-bond acceptors (Lipinski definition) is 7. The Kier molecular flexibility index (Phi) is 6.99. The first-order valence-corrected chi connectivity index (χ1v) is 10.8. The first-order chi connectivity index (χ1) is 16.0. The number of rotatable bonds is 8. The first-order valence-electron chi connectivity index (χ1n) is 10.8. The highest BCUT2D eigenvalue weighted by Gasteiger charge is 2.24. The molecule has 0 spiro atoms. The molecule has 1 atom stereocenters. The van der Waals surface area contributed by atoms with E-state index in [0.717, 1.165) is 49.3 Å². The van der Waals surface area contributed by atoms with Crippen molar-refractivity contribution in [1.82, 2.24) is 19.9 Å². The minimum atomic E-state index is -0.541. The molecule has 1 saturated heterocycles. The van der Waals surface area contributed by atoms with Crippen molar-refractivity contribution in [1.29, 1.82) is 0 Å². The molecule has 4 rings (SSSR count). The van der Waals surface area contributed by atoms with Gasteiger partial charge in [-0.05, 0) is 49.2 Å². The highest BCUT2D eigenvalue weighted by molar-refractivity contribution is 5.75. The Bertz CT molecular complexity index is 1170. The number of pyridine rings is 1. The largest absolute Gasteiger partial charge is 0.493 e. The maximum absolute atomic E-state index is 12.3. The van der Waals surface area contributed by atoms with Crippen LogP contribution in [0.5, 0.6) is 11.5 Å². The predicted octanol–water partition coefficient (Wildman–Crippen LogP) is 2.08. The van der Waals surface area contributed by atoms with Gasteiger partial charge in [-0.2, -0.15) is 0 Å². The molecule has 0 aliphatic carbocycles. The number of likely N-dealkylation sites (tertiary alicyclic amines) is 1. The fraction of sp³-hybridized carbons (Fsp3) is 0.333. The quantitative estimate of drug-likeness (QED) is 0.540. The van der Waals surface area contributed by atoms with Gasteiger partial charge in [-0.15, -0.1) is 0 Å². The Balaban J connectivity index is 1.48. The topological polar surface area (TPSA) is 123 Å². The average Bonchev–Trinajstić information content (AvgIpc) is 2.83. The second-order valence-electron chi connectivity index (χ2n) is 8.07. The fourth-order valence-corrected chi connectivity index (χ4v) is 4.11. The van der Waals surface area contributed by atoms with Crippen molar-refractivity contribution >= 4 is 5.91 Å². The number of hydrogen-bond donors (Lipinski definition) is 2. The normalized spacial score (nSPS) is 16.3. The van der Waals surface area contributed by atoms with Crippen LogP contribution >= 0.6 is 0 Å². The number of ether oxygens (including phenoxy) is 2. The average molecular weight is 450 g/mol. The number of carbonyl (C=O) groups is 1. The molecule has 2 aromatic heterocycles. The number of piperidine rings is 1. The number of aromatic amines is 1. The van der Waals surface area contributed by atoms with E-state index in [1.807, 2.05) is 24.3 Å². The van der Waals surface area contributed by atoms with Gasteiger partial charge >= 0.3 is 0 Å². The Morgan fingerprint density at radius 1 is 1.21 bits per heavy atom. The first kappa shape index (κ1) is 22.5. The van der Waals surface area contributed by atoms with Crippen LogP contribution < -0.4 is 20.8 Å². The molecule has 172 valence electrons. The Morgan fingerprint density at radius 3 is 2.79 bits per heavy atom. The highest BCUT2D eigenvalue weighted by Crippen LogP contribution is 2.31. The smallest absolute Gasteiger partial charge is 0.255 e. The number of benzene rings is 1. The lowest BCUT2D eigenvalue weighted by molar-refractivity contribution is -0.119. The minimum Gasteiger partial charge on any atom is -0.493 e. The van der Waals surface area contributed by atoms with Gasteiger partial charge in [-0.3, -0.25) is 19.5 Å². The van der Waals surface area contributed by atoms with Crippen molar-refractivity contribution < 1.29 is 14.3 Å². The molecule has 3 heterocycles. The highest BCUT2D eigenvalue weighted by atomic mass is 16.5. The zero-order chi connectivity index (χ0) is 23.2. The summed E-state index contributed by atoms with van der Waals surface area (Å²) in [6.45, 7) is 2.28. The molecular weight excluding hydrogens is 422 g/mol. The van der Waals surface area contributed by atoms with E-state index in [1.165, 1.54) is 0 Å². The molecule has 9 heteroatoms. The van der Waals surface area contributed by atoms with Crippen molar-refractivity contribution in [2.75, 3.05) is 26.8 Å². The van der Waals surface area contributed by atoms with Crippen LogP contribution in [0.1, 0.15) is 30.0 Å². The number of aromatic nitrogens is 3. The maximum Gasteiger partial charge on any atom is 0.255 e. The van der Waals surface area contributed by atoms with Crippen LogP contribution in [0.25, 0.3) is 11.4 Å². The summed E-state index contributed by atoms with van der Waals surface area (Å²) in [4.78, 5) is 37.3. The number of nitrogens with one attached hydrogen (secondary N) is 1. The Morgan fingerprint density at radius 2 is 2.03 bits per heavy atom. The van der Waals surface area contributed by atoms with E-state index in [1.54, 1.807) is 31.6 Å². The lowest BCUT2D eigenvalue weighted by Gasteiger charge is -2.32. The number of H-pyrrole nitrogens is 1. The maximum atomic E-state index is 12.3. The summed E-state index contributed by atoms with van der Waals surface area (Å²) in [6, 6.07) is 10.9. The molecule has 0 bridgehead atoms. The number of nitrogens with two attached hydrogens (primary N) is 1. The standard InChI is InChI=1S/C24H27N5O4/c1-32-21-11-16(4-5-20(21)33-15-22(25)30)13-29-10-2-3-18(14-29)19-12-23(31)28-24(27-19)17-6-8-26-9-7-17/h4-9,11-12,18H,2-3,10,13-15H2,1H3,(H2,25,30)(H,27,28,31)/t18-/m0/s1. The van der Waals surface area contributed by atoms with E-state index in [9.17, 15) is 9.59 Å². The van der Waals surface area contributed by atoms with E-state index >= 15 is 0 Å². The third-order valence-corrected chi connectivity index (χ3v) is 5.64. The number of nitrogens with zero attached hydrogens (tertiary/aromatic N) is 3. The molecule has 0 radical (unpaired) electrons. The summed E-state index contributed by atoms with van der Waals surface area (Å²) in [6.07, 6.45) is 5.36. The van der Waals surface area contributed by atoms with Crippen LogP contribution in [0.3, 0.4) is 0 Å². The van der Waals surface area contributed by atoms with Gasteiger partial charge in [-0.25, -0.2) is 4.98 Å². The fourth-order valence-electron chi connectivity index (χ4n) is 4.11. The van der Waals surface area contributed by atoms with E-state index < -0.39 is 5.91 Å². The van der Waals surface area contributed by atoms with Crippen LogP contribution in [0.15, 0.2) is 53.6 Å². The molecule has 33 heavy (non-hydrogen) atoms. The van der Waals surface area contributed by atoms with Gasteiger partial charge in [0.25, 0.3) is 11.5 Å². The molecule has 1 aliphatic rings. The molecule has 1 aliphatic heterocycles. The molecule has 0 saturated carbocycles. The van der Waals surface area contributed by atoms with E-state index in [2.05, 4.69) is 14.9 Å². The second-order valence-corrected chi connectivity index (χ2v) is 8.07. The molecule has 1 aromatic carbocycles. The molecule has 0 unspecified atom stereocenters. The second kappa shape index (κ2) is 10.3. The molecule has 3 aromatic rings. The molecule has 1 fully saturated rings. The number of amides is 1. The van der Waals surface area contributed by atoms with Gasteiger partial charge in [-0.1, -0.05) is 6.07 Å². The molecule has 3 N–H and O–H groups in total. The Hall–Kier alpha value is -3.72. The van der Waals surface area contributed by atoms with Crippen molar-refractivity contribution in [3.63, 3.8) is 0 Å². The van der Waals surface area contributed by atoms with Gasteiger partial charge in [0.15, 0.2) is 18.1 Å². The summed E-state index contributed by atoms with van der Waals surface area (Å²) in [5, 5.41) is 0. The SMILES string of the molecule is COc1cc(CN2CCC[C@H](c3cc(=O)[nH]c(-c4ccncc4)n3)C2)ccc1OCC(N)=O. The molecular formula is C24H27N5O4. The lowest BCUT2D eigenvalue weighted by atomic mass is 9.94. The summed E-state index contributed by atoms with van der Waals surface area (Å²) < 4.78 is 10.8. The van der Waals surface area contributed by atoms with Crippen molar-refractivity contribution in [3.8, 4) is 22.9 Å². The third-order valence-electron chi connectivity index (χ3n) is 5.64. The van der Waals surface area contributed by atoms with Crippen molar-refractivity contribution in [3.05, 3.63) is 70.4 Å². The summed E-state index contributed by atoms with van der Waals surface area (Å²) in [5.41, 5.74) is 7.71. The van der Waals surface area contributed by atoms with Crippen molar-refractivity contribution in [2.24, 2.45) is 5.73 Å². The van der Waals surface area contributed by atoms with Crippen molar-refractivity contribution in [2.45, 2.75) is 25.3 Å². The molecule has 1 amide bonds. The van der Waals surface area contributed by atoms with E-state index in [-0.39, 0.29) is 18.1 Å². The lowest BCUT2D eigenvalue weighted by Crippen LogP contribution is -2.34. The predicted molar refractivity (Wildman–Crippen MR) is 123 cm³/mol. The monoisotopic (exact) mass is 449 g/mol. The van der Waals surface area contributed by atoms with Crippen LogP contribution in [-0.4, -0.2) is 52.6 Å². The summed E-state index contributed by atoms with van der Waals surface area (Å²) in [7, 11) is 1.56. The zero-order valence-electron chi connectivity index (χ0n) is 18.5. The van der Waals surface area contributed by atoms with Crippen LogP contribution in [0.2, 0.25) is 0 Å². The number of primary amides is 1. The molecule has 9 nitrogen and oxygen atoms in total. The number of methoxy groups -OCH3 is 1. The van der Waals surface area contributed by atoms with Crippen LogP contribution in [-0.2, 0) is 11.3 Å². The summed E-state index contributed by atoms with van der Waals surface area (Å²) >= 11 is 0.